The van der Waals surface area contributed by atoms with Crippen molar-refractivity contribution in [2.75, 3.05) is 26.2 Å². The van der Waals surface area contributed by atoms with Gasteiger partial charge in [-0.25, -0.2) is 4.98 Å². The molecule has 168 valence electrons. The molecule has 8 nitrogen and oxygen atoms in total. The smallest absolute Gasteiger partial charge is 0.258 e. The quantitative estimate of drug-likeness (QED) is 0.552. The minimum Gasteiger partial charge on any atom is -0.366 e. The predicted octanol–water partition coefficient (Wildman–Crippen LogP) is 1.60. The van der Waals surface area contributed by atoms with Gasteiger partial charge in [0, 0.05) is 25.7 Å². The molecule has 2 aromatic rings. The number of amides is 1. The van der Waals surface area contributed by atoms with Gasteiger partial charge in [0.25, 0.3) is 11.5 Å². The van der Waals surface area contributed by atoms with Gasteiger partial charge < -0.3 is 20.8 Å². The van der Waals surface area contributed by atoms with Gasteiger partial charge in [-0.15, -0.1) is 24.8 Å². The second-order valence-electron chi connectivity index (χ2n) is 7.21. The van der Waals surface area contributed by atoms with Crippen LogP contribution in [0.2, 0.25) is 0 Å². The van der Waals surface area contributed by atoms with E-state index in [0.29, 0.717) is 49.5 Å². The second kappa shape index (κ2) is 12.9. The number of ether oxygens (including phenoxy) is 1. The van der Waals surface area contributed by atoms with Gasteiger partial charge in [-0.3, -0.25) is 14.5 Å². The lowest BCUT2D eigenvalue weighted by Gasteiger charge is -2.32. The molecule has 0 saturated carbocycles. The van der Waals surface area contributed by atoms with E-state index in [1.165, 1.54) is 0 Å². The molecular formula is C20H31Cl2N5O3. The highest BCUT2D eigenvalue weighted by molar-refractivity contribution is 5.85. The Labute approximate surface area is 188 Å². The summed E-state index contributed by atoms with van der Waals surface area (Å²) in [6.07, 6.45) is 2.42. The molecule has 10 heteroatoms. The lowest BCUT2D eigenvalue weighted by atomic mass is 10.1. The Bertz CT molecular complexity index is 864. The van der Waals surface area contributed by atoms with Crippen LogP contribution in [0, 0.1) is 0 Å². The average molecular weight is 460 g/mol. The van der Waals surface area contributed by atoms with E-state index in [1.807, 2.05) is 18.2 Å². The van der Waals surface area contributed by atoms with Gasteiger partial charge in [-0.2, -0.15) is 0 Å². The molecule has 2 atom stereocenters. The van der Waals surface area contributed by atoms with Crippen molar-refractivity contribution >= 4 is 41.6 Å². The van der Waals surface area contributed by atoms with E-state index < -0.39 is 6.10 Å². The Balaban J connectivity index is 0.00000225. The number of carbonyl (C=O) groups excluding carboxylic acids is 1. The number of rotatable bonds is 8. The summed E-state index contributed by atoms with van der Waals surface area (Å²) in [4.78, 5) is 34.3. The number of carbonyl (C=O) groups is 1. The molecule has 1 saturated heterocycles. The van der Waals surface area contributed by atoms with Crippen LogP contribution in [-0.4, -0.2) is 59.2 Å². The number of aromatic amines is 1. The molecule has 1 aliphatic heterocycles. The highest BCUT2D eigenvalue weighted by Gasteiger charge is 2.28. The summed E-state index contributed by atoms with van der Waals surface area (Å²) in [6.45, 7) is 4.58. The zero-order valence-electron chi connectivity index (χ0n) is 17.1. The lowest BCUT2D eigenvalue weighted by Crippen LogP contribution is -2.52. The molecule has 1 aromatic heterocycles. The molecule has 0 aliphatic carbocycles. The average Bonchev–Trinajstić information content (AvgIpc) is 2.71. The first-order valence-electron chi connectivity index (χ1n) is 9.93. The molecule has 3 rings (SSSR count). The summed E-state index contributed by atoms with van der Waals surface area (Å²) in [5, 5.41) is 3.57. The van der Waals surface area contributed by atoms with Crippen molar-refractivity contribution in [3.63, 3.8) is 0 Å². The van der Waals surface area contributed by atoms with Crippen LogP contribution in [-0.2, 0) is 16.1 Å². The lowest BCUT2D eigenvalue weighted by molar-refractivity contribution is -0.139. The summed E-state index contributed by atoms with van der Waals surface area (Å²) in [5.41, 5.74) is 6.30. The summed E-state index contributed by atoms with van der Waals surface area (Å²) < 4.78 is 5.66. The van der Waals surface area contributed by atoms with E-state index in [-0.39, 0.29) is 42.3 Å². The molecule has 1 fully saturated rings. The number of aromatic nitrogens is 2. The fourth-order valence-electron chi connectivity index (χ4n) is 3.42. The van der Waals surface area contributed by atoms with Crippen LogP contribution in [0.5, 0.6) is 0 Å². The van der Waals surface area contributed by atoms with E-state index in [9.17, 15) is 9.59 Å². The number of fused-ring (bicyclic) bond motifs is 1. The van der Waals surface area contributed by atoms with Crippen molar-refractivity contribution in [3.8, 4) is 0 Å². The van der Waals surface area contributed by atoms with Gasteiger partial charge >= 0.3 is 0 Å². The number of nitrogens with two attached hydrogens (primary N) is 1. The summed E-state index contributed by atoms with van der Waals surface area (Å²) in [5.74, 6) is 0.462. The molecule has 0 spiro atoms. The number of morpholine rings is 1. The molecule has 1 aromatic carbocycles. The van der Waals surface area contributed by atoms with Crippen LogP contribution in [0.15, 0.2) is 29.1 Å². The topological polar surface area (TPSA) is 113 Å². The van der Waals surface area contributed by atoms with Crippen LogP contribution in [0.25, 0.3) is 10.9 Å². The highest BCUT2D eigenvalue weighted by atomic mass is 35.5. The molecule has 30 heavy (non-hydrogen) atoms. The Morgan fingerprint density at radius 1 is 1.40 bits per heavy atom. The predicted molar refractivity (Wildman–Crippen MR) is 122 cm³/mol. The Morgan fingerprint density at radius 2 is 2.17 bits per heavy atom. The minimum atomic E-state index is -0.545. The maximum Gasteiger partial charge on any atom is 0.258 e. The Hall–Kier alpha value is -1.71. The standard InChI is InChI=1S/C20H29N5O3.2ClH/c1-2-3-6-14(11-21)22-20(27)17-12-25(9-10-28-17)13-18-23-16-8-5-4-7-15(16)19(26)24-18;;/h4-5,7-8,14,17H,2-3,6,9-13,21H2,1H3,(H,22,27)(H,23,24,26);2*1H. The van der Waals surface area contributed by atoms with Gasteiger partial charge in [0.15, 0.2) is 0 Å². The summed E-state index contributed by atoms with van der Waals surface area (Å²) in [7, 11) is 0. The monoisotopic (exact) mass is 459 g/mol. The van der Waals surface area contributed by atoms with E-state index in [4.69, 9.17) is 10.5 Å². The van der Waals surface area contributed by atoms with E-state index >= 15 is 0 Å². The molecule has 0 radical (unpaired) electrons. The number of nitrogens with one attached hydrogen (secondary N) is 2. The van der Waals surface area contributed by atoms with Crippen molar-refractivity contribution in [2.24, 2.45) is 5.73 Å². The number of benzene rings is 1. The van der Waals surface area contributed by atoms with Crippen LogP contribution in [0.4, 0.5) is 0 Å². The van der Waals surface area contributed by atoms with E-state index in [0.717, 1.165) is 19.3 Å². The summed E-state index contributed by atoms with van der Waals surface area (Å²) >= 11 is 0. The number of halogens is 2. The van der Waals surface area contributed by atoms with Crippen LogP contribution in [0.1, 0.15) is 32.0 Å². The molecule has 0 bridgehead atoms. The van der Waals surface area contributed by atoms with Gasteiger partial charge in [-0.05, 0) is 18.6 Å². The van der Waals surface area contributed by atoms with Crippen LogP contribution < -0.4 is 16.6 Å². The van der Waals surface area contributed by atoms with Gasteiger partial charge in [0.05, 0.1) is 24.1 Å². The Morgan fingerprint density at radius 3 is 2.90 bits per heavy atom. The first kappa shape index (κ1) is 26.3. The van der Waals surface area contributed by atoms with Gasteiger partial charge in [-0.1, -0.05) is 31.9 Å². The van der Waals surface area contributed by atoms with Crippen molar-refractivity contribution in [3.05, 3.63) is 40.4 Å². The van der Waals surface area contributed by atoms with Gasteiger partial charge in [0.1, 0.15) is 11.9 Å². The third-order valence-corrected chi connectivity index (χ3v) is 5.02. The second-order valence-corrected chi connectivity index (χ2v) is 7.21. The molecule has 2 heterocycles. The SMILES string of the molecule is CCCCC(CN)NC(=O)C1CN(Cc2nc3ccccc3c(=O)[nH]2)CCO1.Cl.Cl. The number of para-hydroxylation sites is 1. The zero-order chi connectivity index (χ0) is 19.9. The number of hydrogen-bond donors (Lipinski definition) is 3. The van der Waals surface area contributed by atoms with E-state index in [2.05, 4.69) is 27.1 Å². The number of nitrogens with zero attached hydrogens (tertiary/aromatic N) is 2. The van der Waals surface area contributed by atoms with Crippen molar-refractivity contribution < 1.29 is 9.53 Å². The van der Waals surface area contributed by atoms with Gasteiger partial charge in [0.2, 0.25) is 0 Å². The first-order valence-corrected chi connectivity index (χ1v) is 9.93. The third kappa shape index (κ3) is 6.92. The third-order valence-electron chi connectivity index (χ3n) is 5.02. The fourth-order valence-corrected chi connectivity index (χ4v) is 3.42. The van der Waals surface area contributed by atoms with Crippen molar-refractivity contribution in [1.82, 2.24) is 20.2 Å². The van der Waals surface area contributed by atoms with Crippen LogP contribution >= 0.6 is 24.8 Å². The summed E-state index contributed by atoms with van der Waals surface area (Å²) in [6, 6.07) is 7.24. The molecule has 2 unspecified atom stereocenters. The number of H-pyrrole nitrogens is 1. The molecular weight excluding hydrogens is 429 g/mol. The molecule has 1 aliphatic rings. The van der Waals surface area contributed by atoms with E-state index in [1.54, 1.807) is 6.07 Å². The highest BCUT2D eigenvalue weighted by Crippen LogP contribution is 2.11. The Kier molecular flexibility index (Phi) is 11.3. The number of unbranched alkanes of at least 4 members (excludes halogenated alkanes) is 1. The number of hydrogen-bond acceptors (Lipinski definition) is 6. The maximum absolute atomic E-state index is 12.6. The maximum atomic E-state index is 12.6. The molecule has 4 N–H and O–H groups in total. The minimum absolute atomic E-state index is 0. The fraction of sp³-hybridized carbons (Fsp3) is 0.550. The molecule has 1 amide bonds. The normalized spacial score (nSPS) is 17.6. The van der Waals surface area contributed by atoms with Crippen molar-refractivity contribution in [1.29, 1.82) is 0 Å². The first-order chi connectivity index (χ1) is 13.6. The zero-order valence-corrected chi connectivity index (χ0v) is 18.8. The largest absolute Gasteiger partial charge is 0.366 e. The van der Waals surface area contributed by atoms with Crippen LogP contribution in [0.3, 0.4) is 0 Å². The van der Waals surface area contributed by atoms with Crippen molar-refractivity contribution in [2.45, 2.75) is 44.9 Å².